The molecule has 1 aliphatic rings. The molecule has 0 saturated carbocycles. The molecule has 0 aliphatic carbocycles. The van der Waals surface area contributed by atoms with E-state index in [1.807, 2.05) is 35.0 Å². The average molecular weight is 266 g/mol. The van der Waals surface area contributed by atoms with Crippen molar-refractivity contribution in [3.05, 3.63) is 24.3 Å². The maximum atomic E-state index is 12.2. The van der Waals surface area contributed by atoms with E-state index in [1.54, 1.807) is 11.8 Å². The number of carbonyl (C=O) groups is 1. The van der Waals surface area contributed by atoms with E-state index in [4.69, 9.17) is 5.11 Å². The first kappa shape index (κ1) is 13.4. The van der Waals surface area contributed by atoms with Gasteiger partial charge in [-0.1, -0.05) is 12.1 Å². The largest absolute Gasteiger partial charge is 0.395 e. The Hall–Kier alpha value is -1.04. The Morgan fingerprint density at radius 3 is 3.06 bits per heavy atom. The molecule has 0 spiro atoms. The van der Waals surface area contributed by atoms with Gasteiger partial charge in [0, 0.05) is 23.7 Å². The van der Waals surface area contributed by atoms with E-state index >= 15 is 0 Å². The van der Waals surface area contributed by atoms with Crippen molar-refractivity contribution in [1.29, 1.82) is 0 Å². The van der Waals surface area contributed by atoms with Crippen LogP contribution >= 0.6 is 11.8 Å². The monoisotopic (exact) mass is 266 g/mol. The molecule has 18 heavy (non-hydrogen) atoms. The number of carbonyl (C=O) groups excluding carboxylic acids is 1. The van der Waals surface area contributed by atoms with Crippen molar-refractivity contribution in [2.24, 2.45) is 0 Å². The maximum absolute atomic E-state index is 12.2. The molecule has 4 nitrogen and oxygen atoms in total. The number of amides is 1. The van der Waals surface area contributed by atoms with Crippen LogP contribution in [0, 0.1) is 0 Å². The second-order valence-electron chi connectivity index (χ2n) is 4.32. The van der Waals surface area contributed by atoms with Crippen LogP contribution in [0.15, 0.2) is 29.2 Å². The number of fused-ring (bicyclic) bond motifs is 1. The summed E-state index contributed by atoms with van der Waals surface area (Å²) in [5, 5.41) is 8.85. The van der Waals surface area contributed by atoms with Gasteiger partial charge in [0.2, 0.25) is 5.91 Å². The van der Waals surface area contributed by atoms with Crippen LogP contribution in [0.2, 0.25) is 0 Å². The number of thioether (sulfide) groups is 1. The summed E-state index contributed by atoms with van der Waals surface area (Å²) in [6, 6.07) is 8.00. The molecule has 1 heterocycles. The summed E-state index contributed by atoms with van der Waals surface area (Å²) in [6.07, 6.45) is 0. The minimum atomic E-state index is 0.0796. The van der Waals surface area contributed by atoms with Crippen LogP contribution in [0.5, 0.6) is 0 Å². The van der Waals surface area contributed by atoms with E-state index < -0.39 is 0 Å². The SMILES string of the molecule is CN(CCO)CC(=O)N1CCSc2ccccc21. The lowest BCUT2D eigenvalue weighted by atomic mass is 10.2. The first-order chi connectivity index (χ1) is 8.72. The number of hydrogen-bond acceptors (Lipinski definition) is 4. The molecule has 1 aromatic rings. The van der Waals surface area contributed by atoms with Crippen LogP contribution in [0.1, 0.15) is 0 Å². The van der Waals surface area contributed by atoms with E-state index in [0.717, 1.165) is 18.0 Å². The zero-order valence-corrected chi connectivity index (χ0v) is 11.3. The number of benzene rings is 1. The maximum Gasteiger partial charge on any atom is 0.241 e. The summed E-state index contributed by atoms with van der Waals surface area (Å²) in [5.74, 6) is 1.03. The van der Waals surface area contributed by atoms with E-state index in [0.29, 0.717) is 13.1 Å². The highest BCUT2D eigenvalue weighted by Gasteiger charge is 2.22. The average Bonchev–Trinajstić information content (AvgIpc) is 2.38. The predicted molar refractivity (Wildman–Crippen MR) is 74.1 cm³/mol. The number of para-hydroxylation sites is 1. The fraction of sp³-hybridized carbons (Fsp3) is 0.462. The van der Waals surface area contributed by atoms with Gasteiger partial charge in [0.1, 0.15) is 0 Å². The van der Waals surface area contributed by atoms with Crippen molar-refractivity contribution in [2.45, 2.75) is 4.90 Å². The van der Waals surface area contributed by atoms with Gasteiger partial charge in [-0.05, 0) is 19.2 Å². The molecular weight excluding hydrogens is 248 g/mol. The molecule has 1 aliphatic heterocycles. The van der Waals surface area contributed by atoms with Crippen LogP contribution < -0.4 is 4.90 Å². The highest BCUT2D eigenvalue weighted by atomic mass is 32.2. The Bertz CT molecular complexity index is 425. The lowest BCUT2D eigenvalue weighted by Gasteiger charge is -2.30. The third kappa shape index (κ3) is 3.04. The molecule has 1 amide bonds. The predicted octanol–water partition coefficient (Wildman–Crippen LogP) is 1.05. The molecule has 1 aromatic carbocycles. The number of hydrogen-bond donors (Lipinski definition) is 1. The van der Waals surface area contributed by atoms with Crippen molar-refractivity contribution in [3.63, 3.8) is 0 Å². The van der Waals surface area contributed by atoms with Crippen LogP contribution in [0.3, 0.4) is 0 Å². The van der Waals surface area contributed by atoms with Gasteiger partial charge in [-0.2, -0.15) is 0 Å². The lowest BCUT2D eigenvalue weighted by Crippen LogP contribution is -2.42. The number of aliphatic hydroxyl groups is 1. The first-order valence-electron chi connectivity index (χ1n) is 6.04. The second-order valence-corrected chi connectivity index (χ2v) is 5.46. The van der Waals surface area contributed by atoms with E-state index in [2.05, 4.69) is 6.07 Å². The zero-order valence-electron chi connectivity index (χ0n) is 10.5. The molecular formula is C13H18N2O2S. The smallest absolute Gasteiger partial charge is 0.241 e. The van der Waals surface area contributed by atoms with E-state index in [1.165, 1.54) is 4.90 Å². The summed E-state index contributed by atoms with van der Waals surface area (Å²) >= 11 is 1.79. The summed E-state index contributed by atoms with van der Waals surface area (Å²) in [4.78, 5) is 17.1. The molecule has 2 rings (SSSR count). The van der Waals surface area contributed by atoms with Gasteiger partial charge in [-0.3, -0.25) is 9.69 Å². The van der Waals surface area contributed by atoms with Gasteiger partial charge in [-0.15, -0.1) is 11.8 Å². The Morgan fingerprint density at radius 2 is 2.28 bits per heavy atom. The van der Waals surface area contributed by atoms with Crippen molar-refractivity contribution in [3.8, 4) is 0 Å². The van der Waals surface area contributed by atoms with Crippen LogP contribution in [-0.2, 0) is 4.79 Å². The topological polar surface area (TPSA) is 43.8 Å². The minimum Gasteiger partial charge on any atom is -0.395 e. The minimum absolute atomic E-state index is 0.0796. The van der Waals surface area contributed by atoms with Crippen molar-refractivity contribution in [1.82, 2.24) is 4.90 Å². The van der Waals surface area contributed by atoms with Crippen molar-refractivity contribution in [2.75, 3.05) is 43.9 Å². The summed E-state index contributed by atoms with van der Waals surface area (Å²) < 4.78 is 0. The Kier molecular flexibility index (Phi) is 4.63. The quantitative estimate of drug-likeness (QED) is 0.884. The zero-order chi connectivity index (χ0) is 13.0. The number of nitrogens with zero attached hydrogens (tertiary/aromatic N) is 2. The van der Waals surface area contributed by atoms with E-state index in [9.17, 15) is 4.79 Å². The third-order valence-corrected chi connectivity index (χ3v) is 3.96. The molecule has 0 bridgehead atoms. The van der Waals surface area contributed by atoms with Gasteiger partial charge in [-0.25, -0.2) is 0 Å². The summed E-state index contributed by atoms with van der Waals surface area (Å²) in [6.45, 7) is 1.71. The molecule has 1 N–H and O–H groups in total. The van der Waals surface area contributed by atoms with Gasteiger partial charge in [0.15, 0.2) is 0 Å². The Morgan fingerprint density at radius 1 is 1.50 bits per heavy atom. The molecule has 0 radical (unpaired) electrons. The number of likely N-dealkylation sites (N-methyl/N-ethyl adjacent to an activating group) is 1. The van der Waals surface area contributed by atoms with Crippen molar-refractivity contribution < 1.29 is 9.90 Å². The highest BCUT2D eigenvalue weighted by Crippen LogP contribution is 2.34. The van der Waals surface area contributed by atoms with E-state index in [-0.39, 0.29) is 12.5 Å². The van der Waals surface area contributed by atoms with Gasteiger partial charge in [0.25, 0.3) is 0 Å². The van der Waals surface area contributed by atoms with Gasteiger partial charge >= 0.3 is 0 Å². The van der Waals surface area contributed by atoms with Crippen LogP contribution in [0.4, 0.5) is 5.69 Å². The molecule has 0 aromatic heterocycles. The molecule has 0 atom stereocenters. The molecule has 98 valence electrons. The first-order valence-corrected chi connectivity index (χ1v) is 7.02. The number of aliphatic hydroxyl groups excluding tert-OH is 1. The molecule has 0 unspecified atom stereocenters. The molecule has 0 saturated heterocycles. The van der Waals surface area contributed by atoms with Crippen molar-refractivity contribution >= 4 is 23.4 Å². The fourth-order valence-electron chi connectivity index (χ4n) is 1.99. The van der Waals surface area contributed by atoms with Crippen LogP contribution in [-0.4, -0.2) is 55.0 Å². The summed E-state index contributed by atoms with van der Waals surface area (Å²) in [7, 11) is 1.85. The Balaban J connectivity index is 2.08. The lowest BCUT2D eigenvalue weighted by molar-refractivity contribution is -0.119. The Labute approximate surface area is 112 Å². The third-order valence-electron chi connectivity index (χ3n) is 2.92. The number of rotatable bonds is 4. The normalized spacial score (nSPS) is 14.7. The molecule has 0 fully saturated rings. The van der Waals surface area contributed by atoms with Crippen LogP contribution in [0.25, 0.3) is 0 Å². The van der Waals surface area contributed by atoms with Gasteiger partial charge < -0.3 is 10.0 Å². The number of anilines is 1. The highest BCUT2D eigenvalue weighted by molar-refractivity contribution is 7.99. The van der Waals surface area contributed by atoms with Gasteiger partial charge in [0.05, 0.1) is 18.8 Å². The molecule has 5 heteroatoms. The summed E-state index contributed by atoms with van der Waals surface area (Å²) in [5.41, 5.74) is 1.01. The standard InChI is InChI=1S/C13H18N2O2S/c1-14(6-8-16)10-13(17)15-7-9-18-12-5-3-2-4-11(12)15/h2-5,16H,6-10H2,1H3. The second kappa shape index (κ2) is 6.22. The fourth-order valence-corrected chi connectivity index (χ4v) is 2.99.